The fourth-order valence-electron chi connectivity index (χ4n) is 1.96. The molecule has 0 saturated heterocycles. The zero-order valence-corrected chi connectivity index (χ0v) is 12.0. The lowest BCUT2D eigenvalue weighted by atomic mass is 10.2. The van der Waals surface area contributed by atoms with Gasteiger partial charge in [0.1, 0.15) is 5.69 Å². The molecular weight excluding hydrogens is 282 g/mol. The summed E-state index contributed by atoms with van der Waals surface area (Å²) < 4.78 is 0.729. The van der Waals surface area contributed by atoms with E-state index in [1.807, 2.05) is 25.1 Å². The van der Waals surface area contributed by atoms with Crippen molar-refractivity contribution < 1.29 is 4.79 Å². The molecule has 0 spiro atoms. The minimum Gasteiger partial charge on any atom is -0.343 e. The Bertz CT molecular complexity index is 603. The summed E-state index contributed by atoms with van der Waals surface area (Å²) in [6.45, 7) is 1.94. The van der Waals surface area contributed by atoms with Crippen LogP contribution >= 0.6 is 22.9 Å². The Morgan fingerprint density at radius 3 is 3.00 bits per heavy atom. The quantitative estimate of drug-likeness (QED) is 0.907. The third-order valence-corrected chi connectivity index (χ3v) is 4.63. The van der Waals surface area contributed by atoms with Crippen LogP contribution in [-0.4, -0.2) is 16.1 Å². The molecule has 2 aromatic rings. The van der Waals surface area contributed by atoms with Gasteiger partial charge in [-0.1, -0.05) is 11.6 Å². The molecule has 19 heavy (non-hydrogen) atoms. The van der Waals surface area contributed by atoms with E-state index < -0.39 is 0 Å². The minimum atomic E-state index is -0.153. The zero-order chi connectivity index (χ0) is 13.4. The van der Waals surface area contributed by atoms with Gasteiger partial charge in [-0.25, -0.2) is 0 Å². The van der Waals surface area contributed by atoms with Crippen LogP contribution in [0.3, 0.4) is 0 Å². The highest BCUT2D eigenvalue weighted by Gasteiger charge is 2.26. The molecule has 1 saturated carbocycles. The highest BCUT2D eigenvalue weighted by Crippen LogP contribution is 2.39. The van der Waals surface area contributed by atoms with E-state index in [1.165, 1.54) is 24.2 Å². The Kier molecular flexibility index (Phi) is 3.33. The predicted octanol–water partition coefficient (Wildman–Crippen LogP) is 3.49. The van der Waals surface area contributed by atoms with Crippen molar-refractivity contribution in [3.63, 3.8) is 0 Å². The summed E-state index contributed by atoms with van der Waals surface area (Å²) in [4.78, 5) is 13.1. The first-order valence-electron chi connectivity index (χ1n) is 6.25. The van der Waals surface area contributed by atoms with Gasteiger partial charge >= 0.3 is 0 Å². The van der Waals surface area contributed by atoms with Gasteiger partial charge in [-0.2, -0.15) is 5.10 Å². The van der Waals surface area contributed by atoms with Crippen molar-refractivity contribution in [3.8, 4) is 0 Å². The van der Waals surface area contributed by atoms with Crippen molar-refractivity contribution in [1.82, 2.24) is 15.5 Å². The van der Waals surface area contributed by atoms with Gasteiger partial charge in [0.05, 0.1) is 10.4 Å². The number of aromatic amines is 1. The fraction of sp³-hybridized carbons (Fsp3) is 0.385. The van der Waals surface area contributed by atoms with Crippen LogP contribution in [0.25, 0.3) is 0 Å². The number of nitrogens with zero attached hydrogens (tertiary/aromatic N) is 1. The molecule has 0 bridgehead atoms. The van der Waals surface area contributed by atoms with E-state index in [2.05, 4.69) is 15.5 Å². The normalized spacial score (nSPS) is 16.3. The van der Waals surface area contributed by atoms with Gasteiger partial charge in [0.15, 0.2) is 0 Å². The lowest BCUT2D eigenvalue weighted by molar-refractivity contribution is 0.0935. The molecule has 0 aliphatic heterocycles. The number of thiophene rings is 1. The van der Waals surface area contributed by atoms with Crippen LogP contribution in [0.5, 0.6) is 0 Å². The van der Waals surface area contributed by atoms with Crippen LogP contribution in [0.4, 0.5) is 0 Å². The Hall–Kier alpha value is -1.33. The average molecular weight is 296 g/mol. The second-order valence-corrected chi connectivity index (χ2v) is 6.57. The summed E-state index contributed by atoms with van der Waals surface area (Å²) >= 11 is 7.37. The number of hydrogen-bond acceptors (Lipinski definition) is 3. The first kappa shape index (κ1) is 12.7. The Morgan fingerprint density at radius 2 is 2.37 bits per heavy atom. The standard InChI is InChI=1S/C13H14ClN3OS/c1-7(11-4-5-12(14)19-11)15-13(18)10-6-9(16-17-10)8-2-3-8/h4-8H,2-3H2,1H3,(H,15,18)(H,16,17)/t7-/m1/s1. The molecule has 2 N–H and O–H groups in total. The molecule has 100 valence electrons. The van der Waals surface area contributed by atoms with Crippen LogP contribution in [0, 0.1) is 0 Å². The second kappa shape index (κ2) is 4.98. The van der Waals surface area contributed by atoms with E-state index in [9.17, 15) is 4.79 Å². The number of halogens is 1. The first-order valence-corrected chi connectivity index (χ1v) is 7.44. The van der Waals surface area contributed by atoms with Crippen molar-refractivity contribution in [2.45, 2.75) is 31.7 Å². The monoisotopic (exact) mass is 295 g/mol. The number of hydrogen-bond donors (Lipinski definition) is 2. The number of carbonyl (C=O) groups is 1. The number of nitrogens with one attached hydrogen (secondary N) is 2. The molecule has 0 unspecified atom stereocenters. The molecule has 1 aliphatic carbocycles. The molecule has 2 heterocycles. The van der Waals surface area contributed by atoms with E-state index in [1.54, 1.807) is 0 Å². The minimum absolute atomic E-state index is 0.0638. The Morgan fingerprint density at radius 1 is 1.58 bits per heavy atom. The molecule has 6 heteroatoms. The topological polar surface area (TPSA) is 57.8 Å². The summed E-state index contributed by atoms with van der Waals surface area (Å²) in [5.74, 6) is 0.419. The smallest absolute Gasteiger partial charge is 0.272 e. The highest BCUT2D eigenvalue weighted by atomic mass is 35.5. The summed E-state index contributed by atoms with van der Waals surface area (Å²) in [6.07, 6.45) is 2.38. The number of H-pyrrole nitrogens is 1. The van der Waals surface area contributed by atoms with Gasteiger partial charge < -0.3 is 5.32 Å². The fourth-order valence-corrected chi connectivity index (χ4v) is 3.02. The maximum atomic E-state index is 12.1. The molecule has 1 aliphatic rings. The van der Waals surface area contributed by atoms with Crippen LogP contribution in [0.1, 0.15) is 52.8 Å². The third-order valence-electron chi connectivity index (χ3n) is 3.22. The zero-order valence-electron chi connectivity index (χ0n) is 10.4. The van der Waals surface area contributed by atoms with Gasteiger partial charge in [-0.3, -0.25) is 9.89 Å². The van der Waals surface area contributed by atoms with Crippen LogP contribution in [-0.2, 0) is 0 Å². The lowest BCUT2D eigenvalue weighted by Gasteiger charge is -2.10. The van der Waals surface area contributed by atoms with Gasteiger partial charge in [0, 0.05) is 16.5 Å². The predicted molar refractivity (Wildman–Crippen MR) is 75.8 cm³/mol. The van der Waals surface area contributed by atoms with E-state index in [4.69, 9.17) is 11.6 Å². The summed E-state index contributed by atoms with van der Waals surface area (Å²) in [5.41, 5.74) is 1.52. The Labute approximate surface area is 120 Å². The number of amides is 1. The van der Waals surface area contributed by atoms with Gasteiger partial charge in [0.25, 0.3) is 5.91 Å². The van der Waals surface area contributed by atoms with E-state index >= 15 is 0 Å². The molecule has 3 rings (SSSR count). The average Bonchev–Trinajstić information content (AvgIpc) is 2.94. The molecule has 1 amide bonds. The molecule has 4 nitrogen and oxygen atoms in total. The Balaban J connectivity index is 1.66. The van der Waals surface area contributed by atoms with Crippen molar-refractivity contribution in [3.05, 3.63) is 38.8 Å². The second-order valence-electron chi connectivity index (χ2n) is 4.82. The van der Waals surface area contributed by atoms with Crippen molar-refractivity contribution >= 4 is 28.8 Å². The SMILES string of the molecule is C[C@@H](NC(=O)c1cc(C2CC2)[nH]n1)c1ccc(Cl)s1. The van der Waals surface area contributed by atoms with E-state index in [0.29, 0.717) is 11.6 Å². The maximum Gasteiger partial charge on any atom is 0.272 e. The first-order chi connectivity index (χ1) is 9.13. The van der Waals surface area contributed by atoms with Crippen LogP contribution in [0.2, 0.25) is 4.34 Å². The van der Waals surface area contributed by atoms with Crippen molar-refractivity contribution in [1.29, 1.82) is 0 Å². The molecule has 0 aromatic carbocycles. The molecule has 0 radical (unpaired) electrons. The molecule has 1 fully saturated rings. The number of aromatic nitrogens is 2. The summed E-state index contributed by atoms with van der Waals surface area (Å²) in [7, 11) is 0. The van der Waals surface area contributed by atoms with Gasteiger partial charge in [-0.05, 0) is 38.0 Å². The molecular formula is C13H14ClN3OS. The lowest BCUT2D eigenvalue weighted by Crippen LogP contribution is -2.26. The van der Waals surface area contributed by atoms with Crippen LogP contribution < -0.4 is 5.32 Å². The van der Waals surface area contributed by atoms with E-state index in [0.717, 1.165) is 14.9 Å². The number of carbonyl (C=O) groups excluding carboxylic acids is 1. The van der Waals surface area contributed by atoms with Crippen molar-refractivity contribution in [2.75, 3.05) is 0 Å². The summed E-state index contributed by atoms with van der Waals surface area (Å²) in [5, 5.41) is 9.93. The summed E-state index contributed by atoms with van der Waals surface area (Å²) in [6, 6.07) is 5.55. The molecule has 2 aromatic heterocycles. The van der Waals surface area contributed by atoms with Crippen LogP contribution in [0.15, 0.2) is 18.2 Å². The number of rotatable bonds is 4. The largest absolute Gasteiger partial charge is 0.343 e. The van der Waals surface area contributed by atoms with E-state index in [-0.39, 0.29) is 11.9 Å². The maximum absolute atomic E-state index is 12.1. The van der Waals surface area contributed by atoms with Gasteiger partial charge in [-0.15, -0.1) is 11.3 Å². The highest BCUT2D eigenvalue weighted by molar-refractivity contribution is 7.16. The van der Waals surface area contributed by atoms with Gasteiger partial charge in [0.2, 0.25) is 0 Å². The molecule has 1 atom stereocenters. The third kappa shape index (κ3) is 2.82. The van der Waals surface area contributed by atoms with Crippen molar-refractivity contribution in [2.24, 2.45) is 0 Å².